The Hall–Kier alpha value is -1.34. The Labute approximate surface area is 96.7 Å². The summed E-state index contributed by atoms with van der Waals surface area (Å²) in [6.07, 6.45) is 0. The van der Waals surface area contributed by atoms with Crippen molar-refractivity contribution < 1.29 is 5.11 Å². The van der Waals surface area contributed by atoms with Gasteiger partial charge in [-0.2, -0.15) is 0 Å². The van der Waals surface area contributed by atoms with Crippen LogP contribution in [0.25, 0.3) is 10.8 Å². The predicted molar refractivity (Wildman–Crippen MR) is 68.8 cm³/mol. The van der Waals surface area contributed by atoms with Crippen molar-refractivity contribution in [3.8, 4) is 0 Å². The summed E-state index contributed by atoms with van der Waals surface area (Å²) < 4.78 is 0. The SMILES string of the molecule is Cc1cccc2ccc(C(C)(C)CO)cc12. The minimum atomic E-state index is -0.170. The predicted octanol–water partition coefficient (Wildman–Crippen LogP) is 3.42. The molecule has 0 unspecified atom stereocenters. The zero-order valence-electron chi connectivity index (χ0n) is 10.1. The maximum Gasteiger partial charge on any atom is 0.0522 e. The number of rotatable bonds is 2. The molecule has 0 aliphatic carbocycles. The van der Waals surface area contributed by atoms with E-state index in [0.29, 0.717) is 0 Å². The lowest BCUT2D eigenvalue weighted by Gasteiger charge is -2.22. The van der Waals surface area contributed by atoms with Crippen molar-refractivity contribution in [1.29, 1.82) is 0 Å². The molecule has 0 bridgehead atoms. The molecule has 0 saturated carbocycles. The molecule has 0 spiro atoms. The molecule has 0 heterocycles. The van der Waals surface area contributed by atoms with Gasteiger partial charge in [-0.1, -0.05) is 50.2 Å². The molecule has 0 fully saturated rings. The molecule has 2 aromatic rings. The van der Waals surface area contributed by atoms with E-state index in [0.717, 1.165) is 0 Å². The minimum Gasteiger partial charge on any atom is -0.395 e. The van der Waals surface area contributed by atoms with Gasteiger partial charge in [-0.15, -0.1) is 0 Å². The third-order valence-electron chi connectivity index (χ3n) is 3.28. The summed E-state index contributed by atoms with van der Waals surface area (Å²) in [6, 6.07) is 12.8. The van der Waals surface area contributed by atoms with E-state index < -0.39 is 0 Å². The first kappa shape index (κ1) is 11.2. The number of benzene rings is 2. The number of fused-ring (bicyclic) bond motifs is 1. The number of aliphatic hydroxyl groups excluding tert-OH is 1. The van der Waals surface area contributed by atoms with Crippen LogP contribution in [0.15, 0.2) is 36.4 Å². The maximum absolute atomic E-state index is 9.39. The molecule has 0 saturated heterocycles. The summed E-state index contributed by atoms with van der Waals surface area (Å²) in [4.78, 5) is 0. The lowest BCUT2D eigenvalue weighted by molar-refractivity contribution is 0.218. The number of aliphatic hydroxyl groups is 1. The van der Waals surface area contributed by atoms with Gasteiger partial charge in [0, 0.05) is 5.41 Å². The number of aryl methyl sites for hydroxylation is 1. The molecule has 0 aliphatic heterocycles. The molecule has 2 rings (SSSR count). The molecule has 84 valence electrons. The van der Waals surface area contributed by atoms with Gasteiger partial charge in [0.2, 0.25) is 0 Å². The van der Waals surface area contributed by atoms with Gasteiger partial charge in [-0.3, -0.25) is 0 Å². The average Bonchev–Trinajstić information content (AvgIpc) is 2.29. The Morgan fingerprint density at radius 2 is 1.88 bits per heavy atom. The van der Waals surface area contributed by atoms with E-state index in [1.807, 2.05) is 0 Å². The average molecular weight is 214 g/mol. The molecule has 0 atom stereocenters. The van der Waals surface area contributed by atoms with Crippen molar-refractivity contribution in [1.82, 2.24) is 0 Å². The van der Waals surface area contributed by atoms with Crippen LogP contribution in [0.5, 0.6) is 0 Å². The van der Waals surface area contributed by atoms with Crippen LogP contribution in [-0.2, 0) is 5.41 Å². The summed E-state index contributed by atoms with van der Waals surface area (Å²) in [5, 5.41) is 11.9. The van der Waals surface area contributed by atoms with E-state index in [2.05, 4.69) is 57.2 Å². The second kappa shape index (κ2) is 3.91. The highest BCUT2D eigenvalue weighted by molar-refractivity contribution is 5.86. The van der Waals surface area contributed by atoms with E-state index >= 15 is 0 Å². The molecular formula is C15H18O. The van der Waals surface area contributed by atoms with Gasteiger partial charge in [-0.25, -0.2) is 0 Å². The van der Waals surface area contributed by atoms with Crippen molar-refractivity contribution in [3.63, 3.8) is 0 Å². The van der Waals surface area contributed by atoms with Crippen molar-refractivity contribution in [2.75, 3.05) is 6.61 Å². The Kier molecular flexibility index (Phi) is 2.73. The topological polar surface area (TPSA) is 20.2 Å². The normalized spacial score (nSPS) is 12.0. The van der Waals surface area contributed by atoms with Crippen LogP contribution in [0.3, 0.4) is 0 Å². The van der Waals surface area contributed by atoms with E-state index in [-0.39, 0.29) is 12.0 Å². The lowest BCUT2D eigenvalue weighted by Crippen LogP contribution is -2.21. The van der Waals surface area contributed by atoms with Gasteiger partial charge in [0.05, 0.1) is 6.61 Å². The Morgan fingerprint density at radius 1 is 1.12 bits per heavy atom. The van der Waals surface area contributed by atoms with Crippen LogP contribution in [0, 0.1) is 6.92 Å². The van der Waals surface area contributed by atoms with E-state index in [1.54, 1.807) is 0 Å². The first-order chi connectivity index (χ1) is 7.54. The van der Waals surface area contributed by atoms with Crippen molar-refractivity contribution >= 4 is 10.8 Å². The Bertz CT molecular complexity index is 512. The Morgan fingerprint density at radius 3 is 2.56 bits per heavy atom. The molecule has 1 N–H and O–H groups in total. The van der Waals surface area contributed by atoms with Gasteiger partial charge in [0.25, 0.3) is 0 Å². The van der Waals surface area contributed by atoms with Crippen LogP contribution >= 0.6 is 0 Å². The van der Waals surface area contributed by atoms with Crippen LogP contribution in [0.1, 0.15) is 25.0 Å². The summed E-state index contributed by atoms with van der Waals surface area (Å²) >= 11 is 0. The fourth-order valence-electron chi connectivity index (χ4n) is 1.94. The lowest BCUT2D eigenvalue weighted by atomic mass is 9.84. The summed E-state index contributed by atoms with van der Waals surface area (Å²) in [7, 11) is 0. The molecule has 1 heteroatoms. The van der Waals surface area contributed by atoms with E-state index in [4.69, 9.17) is 0 Å². The molecular weight excluding hydrogens is 196 g/mol. The molecule has 2 aromatic carbocycles. The minimum absolute atomic E-state index is 0.170. The molecule has 0 radical (unpaired) electrons. The highest BCUT2D eigenvalue weighted by Gasteiger charge is 2.19. The monoisotopic (exact) mass is 214 g/mol. The molecule has 0 amide bonds. The highest BCUT2D eigenvalue weighted by Crippen LogP contribution is 2.27. The van der Waals surface area contributed by atoms with Crippen molar-refractivity contribution in [2.45, 2.75) is 26.2 Å². The van der Waals surface area contributed by atoms with E-state index in [1.165, 1.54) is 21.9 Å². The summed E-state index contributed by atoms with van der Waals surface area (Å²) in [5.74, 6) is 0. The zero-order chi connectivity index (χ0) is 11.8. The summed E-state index contributed by atoms with van der Waals surface area (Å²) in [5.41, 5.74) is 2.31. The third-order valence-corrected chi connectivity index (χ3v) is 3.28. The maximum atomic E-state index is 9.39. The molecule has 16 heavy (non-hydrogen) atoms. The Balaban J connectivity index is 2.64. The fraction of sp³-hybridized carbons (Fsp3) is 0.333. The van der Waals surface area contributed by atoms with Gasteiger partial charge in [0.1, 0.15) is 0 Å². The van der Waals surface area contributed by atoms with Gasteiger partial charge in [0.15, 0.2) is 0 Å². The first-order valence-electron chi connectivity index (χ1n) is 5.65. The van der Waals surface area contributed by atoms with Crippen LogP contribution in [0.4, 0.5) is 0 Å². The number of hydrogen-bond acceptors (Lipinski definition) is 1. The zero-order valence-corrected chi connectivity index (χ0v) is 10.1. The smallest absolute Gasteiger partial charge is 0.0522 e. The second-order valence-electron chi connectivity index (χ2n) is 5.05. The van der Waals surface area contributed by atoms with Crippen LogP contribution in [-0.4, -0.2) is 11.7 Å². The number of hydrogen-bond donors (Lipinski definition) is 1. The fourth-order valence-corrected chi connectivity index (χ4v) is 1.94. The van der Waals surface area contributed by atoms with E-state index in [9.17, 15) is 5.11 Å². The largest absolute Gasteiger partial charge is 0.395 e. The highest BCUT2D eigenvalue weighted by atomic mass is 16.3. The van der Waals surface area contributed by atoms with Gasteiger partial charge >= 0.3 is 0 Å². The quantitative estimate of drug-likeness (QED) is 0.812. The third kappa shape index (κ3) is 1.83. The summed E-state index contributed by atoms with van der Waals surface area (Å²) in [6.45, 7) is 6.42. The van der Waals surface area contributed by atoms with Crippen molar-refractivity contribution in [3.05, 3.63) is 47.5 Å². The molecule has 1 nitrogen and oxygen atoms in total. The van der Waals surface area contributed by atoms with Gasteiger partial charge in [-0.05, 0) is 28.8 Å². The second-order valence-corrected chi connectivity index (χ2v) is 5.05. The first-order valence-corrected chi connectivity index (χ1v) is 5.65. The standard InChI is InChI=1S/C15H18O/c1-11-5-4-6-12-7-8-13(9-14(11)12)15(2,3)10-16/h4-9,16H,10H2,1-3H3. The van der Waals surface area contributed by atoms with Crippen LogP contribution < -0.4 is 0 Å². The van der Waals surface area contributed by atoms with Gasteiger partial charge < -0.3 is 5.11 Å². The molecule has 0 aliphatic rings. The molecule has 0 aromatic heterocycles. The van der Waals surface area contributed by atoms with Crippen molar-refractivity contribution in [2.24, 2.45) is 0 Å². The van der Waals surface area contributed by atoms with Crippen LogP contribution in [0.2, 0.25) is 0 Å².